The molecule has 0 spiro atoms. The van der Waals surface area contributed by atoms with Gasteiger partial charge in [0.15, 0.2) is 0 Å². The van der Waals surface area contributed by atoms with Crippen LogP contribution in [0.3, 0.4) is 0 Å². The van der Waals surface area contributed by atoms with Crippen molar-refractivity contribution >= 4 is 34.6 Å². The van der Waals surface area contributed by atoms with E-state index in [2.05, 4.69) is 0 Å². The number of rotatable bonds is 5. The van der Waals surface area contributed by atoms with Gasteiger partial charge in [-0.3, -0.25) is 5.01 Å². The minimum atomic E-state index is -0.418. The van der Waals surface area contributed by atoms with Crippen LogP contribution in [0.15, 0.2) is 52.6 Å². The van der Waals surface area contributed by atoms with Crippen LogP contribution in [0.4, 0.5) is 0 Å². The second-order valence-electron chi connectivity index (χ2n) is 5.83. The molecule has 1 unspecified atom stereocenters. The highest BCUT2D eigenvalue weighted by Crippen LogP contribution is 2.40. The summed E-state index contributed by atoms with van der Waals surface area (Å²) < 4.78 is 5.00. The van der Waals surface area contributed by atoms with Gasteiger partial charge in [0.2, 0.25) is 0 Å². The molecule has 1 N–H and O–H groups in total. The molecular weight excluding hydrogens is 372 g/mol. The van der Waals surface area contributed by atoms with Crippen molar-refractivity contribution in [2.45, 2.75) is 26.3 Å². The van der Waals surface area contributed by atoms with Crippen LogP contribution in [-0.4, -0.2) is 28.4 Å². The van der Waals surface area contributed by atoms with Crippen LogP contribution in [0.1, 0.15) is 36.8 Å². The number of allylic oxidation sites excluding steroid dienone is 1. The van der Waals surface area contributed by atoms with Crippen LogP contribution < -0.4 is 0 Å². The van der Waals surface area contributed by atoms with Crippen LogP contribution in [0.25, 0.3) is 0 Å². The zero-order valence-electron chi connectivity index (χ0n) is 14.5. The maximum absolute atomic E-state index is 11.8. The number of halogens is 1. The smallest absolute Gasteiger partial charge is 0.332 e. The molecule has 1 aliphatic heterocycles. The van der Waals surface area contributed by atoms with Crippen molar-refractivity contribution in [3.05, 3.63) is 62.9 Å². The number of ether oxygens (including phenoxy) is 1. The van der Waals surface area contributed by atoms with E-state index in [-0.39, 0.29) is 11.8 Å². The van der Waals surface area contributed by atoms with E-state index >= 15 is 0 Å². The molecule has 0 saturated carbocycles. The third kappa shape index (κ3) is 3.92. The van der Waals surface area contributed by atoms with Crippen LogP contribution in [0.2, 0.25) is 5.02 Å². The van der Waals surface area contributed by atoms with E-state index in [9.17, 15) is 9.90 Å². The Balaban J connectivity index is 1.99. The normalized spacial score (nSPS) is 17.3. The summed E-state index contributed by atoms with van der Waals surface area (Å²) in [4.78, 5) is 12.9. The average Bonchev–Trinajstić information content (AvgIpc) is 3.26. The molecule has 5 nitrogen and oxygen atoms in total. The molecule has 136 valence electrons. The third-order valence-corrected chi connectivity index (χ3v) is 5.19. The Morgan fingerprint density at radius 1 is 1.50 bits per heavy atom. The number of phenols is 1. The molecule has 1 aliphatic rings. The fourth-order valence-electron chi connectivity index (χ4n) is 2.88. The van der Waals surface area contributed by atoms with E-state index in [1.165, 1.54) is 6.08 Å². The standard InChI is InChI=1S/C19H19ClN2O3S/c1-3-25-19(24)9-12(2)22-16(14-10-13(20)6-7-17(14)23)11-15(21-22)18-5-4-8-26-18/h4-10,16,23H,3,11H2,1-2H3. The van der Waals surface area contributed by atoms with Crippen LogP contribution in [-0.2, 0) is 9.53 Å². The van der Waals surface area contributed by atoms with Gasteiger partial charge in [-0.15, -0.1) is 11.3 Å². The zero-order chi connectivity index (χ0) is 18.7. The molecule has 1 aromatic heterocycles. The highest BCUT2D eigenvalue weighted by atomic mass is 35.5. The summed E-state index contributed by atoms with van der Waals surface area (Å²) in [6, 6.07) is 8.67. The van der Waals surface area contributed by atoms with Gasteiger partial charge in [-0.1, -0.05) is 17.7 Å². The Morgan fingerprint density at radius 3 is 3.00 bits per heavy atom. The molecule has 1 atom stereocenters. The Bertz CT molecular complexity index is 862. The maximum Gasteiger partial charge on any atom is 0.332 e. The predicted molar refractivity (Wildman–Crippen MR) is 104 cm³/mol. The molecule has 3 rings (SSSR count). The van der Waals surface area contributed by atoms with E-state index in [0.717, 1.165) is 10.6 Å². The summed E-state index contributed by atoms with van der Waals surface area (Å²) >= 11 is 7.73. The second kappa shape index (κ2) is 7.93. The molecular formula is C19H19ClN2O3S. The topological polar surface area (TPSA) is 62.1 Å². The first-order chi connectivity index (χ1) is 12.5. The fraction of sp³-hybridized carbons (Fsp3) is 0.263. The Morgan fingerprint density at radius 2 is 2.31 bits per heavy atom. The number of thiophene rings is 1. The van der Waals surface area contributed by atoms with Crippen molar-refractivity contribution in [1.82, 2.24) is 5.01 Å². The quantitative estimate of drug-likeness (QED) is 0.592. The number of hydrazone groups is 1. The molecule has 0 radical (unpaired) electrons. The Hall–Kier alpha value is -2.31. The SMILES string of the molecule is CCOC(=O)C=C(C)N1N=C(c2cccs2)CC1c1cc(Cl)ccc1O. The number of hydrogen-bond acceptors (Lipinski definition) is 6. The summed E-state index contributed by atoms with van der Waals surface area (Å²) in [7, 11) is 0. The van der Waals surface area contributed by atoms with Gasteiger partial charge in [-0.2, -0.15) is 5.10 Å². The molecule has 2 aromatic rings. The minimum Gasteiger partial charge on any atom is -0.508 e. The van der Waals surface area contributed by atoms with Crippen molar-refractivity contribution in [2.75, 3.05) is 6.61 Å². The first-order valence-electron chi connectivity index (χ1n) is 8.23. The summed E-state index contributed by atoms with van der Waals surface area (Å²) in [5, 5.41) is 19.3. The average molecular weight is 391 g/mol. The van der Waals surface area contributed by atoms with Crippen LogP contribution in [0.5, 0.6) is 5.75 Å². The number of benzene rings is 1. The number of esters is 1. The van der Waals surface area contributed by atoms with Gasteiger partial charge in [0.25, 0.3) is 0 Å². The third-order valence-electron chi connectivity index (χ3n) is 4.04. The van der Waals surface area contributed by atoms with Gasteiger partial charge < -0.3 is 9.84 Å². The van der Waals surface area contributed by atoms with Gasteiger partial charge in [-0.05, 0) is 43.5 Å². The molecule has 0 amide bonds. The van der Waals surface area contributed by atoms with E-state index in [1.807, 2.05) is 17.5 Å². The number of phenolic OH excluding ortho intramolecular Hbond substituents is 1. The second-order valence-corrected chi connectivity index (χ2v) is 7.21. The van der Waals surface area contributed by atoms with Crippen LogP contribution >= 0.6 is 22.9 Å². The molecule has 1 aromatic carbocycles. The molecule has 2 heterocycles. The number of carbonyl (C=O) groups is 1. The number of aromatic hydroxyl groups is 1. The Kier molecular flexibility index (Phi) is 5.64. The highest BCUT2D eigenvalue weighted by molar-refractivity contribution is 7.12. The van der Waals surface area contributed by atoms with E-state index in [4.69, 9.17) is 21.4 Å². The van der Waals surface area contributed by atoms with Crippen molar-refractivity contribution in [3.8, 4) is 5.75 Å². The lowest BCUT2D eigenvalue weighted by molar-refractivity contribution is -0.137. The molecule has 7 heteroatoms. The van der Waals surface area contributed by atoms with Gasteiger partial charge >= 0.3 is 5.97 Å². The lowest BCUT2D eigenvalue weighted by Crippen LogP contribution is -2.19. The van der Waals surface area contributed by atoms with Crippen molar-refractivity contribution < 1.29 is 14.6 Å². The molecule has 0 saturated heterocycles. The lowest BCUT2D eigenvalue weighted by atomic mass is 10.00. The highest BCUT2D eigenvalue weighted by Gasteiger charge is 2.32. The van der Waals surface area contributed by atoms with Gasteiger partial charge in [0.1, 0.15) is 5.75 Å². The summed E-state index contributed by atoms with van der Waals surface area (Å²) in [5.74, 6) is -0.269. The van der Waals surface area contributed by atoms with Crippen molar-refractivity contribution in [2.24, 2.45) is 5.10 Å². The number of nitrogens with zero attached hydrogens (tertiary/aromatic N) is 2. The minimum absolute atomic E-state index is 0.149. The summed E-state index contributed by atoms with van der Waals surface area (Å²) in [6.45, 7) is 3.87. The van der Waals surface area contributed by atoms with E-state index < -0.39 is 5.97 Å². The lowest BCUT2D eigenvalue weighted by Gasteiger charge is -2.25. The van der Waals surface area contributed by atoms with Gasteiger partial charge in [-0.25, -0.2) is 4.79 Å². The fourth-order valence-corrected chi connectivity index (χ4v) is 3.78. The maximum atomic E-state index is 11.8. The molecule has 0 fully saturated rings. The number of hydrogen-bond donors (Lipinski definition) is 1. The van der Waals surface area contributed by atoms with E-state index in [1.54, 1.807) is 48.4 Å². The largest absolute Gasteiger partial charge is 0.508 e. The monoisotopic (exact) mass is 390 g/mol. The Labute approximate surface area is 161 Å². The van der Waals surface area contributed by atoms with Gasteiger partial charge in [0, 0.05) is 28.8 Å². The summed E-state index contributed by atoms with van der Waals surface area (Å²) in [6.07, 6.45) is 2.02. The first kappa shape index (κ1) is 18.5. The zero-order valence-corrected chi connectivity index (χ0v) is 16.0. The summed E-state index contributed by atoms with van der Waals surface area (Å²) in [5.41, 5.74) is 2.21. The van der Waals surface area contributed by atoms with Crippen molar-refractivity contribution in [1.29, 1.82) is 0 Å². The molecule has 26 heavy (non-hydrogen) atoms. The predicted octanol–water partition coefficient (Wildman–Crippen LogP) is 4.73. The van der Waals surface area contributed by atoms with Crippen LogP contribution in [0, 0.1) is 0 Å². The van der Waals surface area contributed by atoms with Crippen molar-refractivity contribution in [3.63, 3.8) is 0 Å². The molecule has 0 bridgehead atoms. The van der Waals surface area contributed by atoms with E-state index in [0.29, 0.717) is 29.3 Å². The molecule has 0 aliphatic carbocycles. The first-order valence-corrected chi connectivity index (χ1v) is 9.49. The van der Waals surface area contributed by atoms with Gasteiger partial charge in [0.05, 0.1) is 23.2 Å². The number of carbonyl (C=O) groups excluding carboxylic acids is 1.